The van der Waals surface area contributed by atoms with Gasteiger partial charge in [-0.2, -0.15) is 13.2 Å². The number of hydrogen-bond donors (Lipinski definition) is 1. The molecule has 0 spiro atoms. The lowest BCUT2D eigenvalue weighted by Crippen LogP contribution is -2.44. The fourth-order valence-electron chi connectivity index (χ4n) is 2.65. The predicted octanol–water partition coefficient (Wildman–Crippen LogP) is 2.65. The average Bonchev–Trinajstić information content (AvgIpc) is 3.09. The van der Waals surface area contributed by atoms with E-state index in [2.05, 4.69) is 12.2 Å². The highest BCUT2D eigenvalue weighted by Crippen LogP contribution is 2.33. The van der Waals surface area contributed by atoms with E-state index in [9.17, 15) is 13.2 Å². The predicted molar refractivity (Wildman–Crippen MR) is 65.4 cm³/mol. The topological polar surface area (TPSA) is 15.3 Å². The van der Waals surface area contributed by atoms with E-state index in [0.29, 0.717) is 24.8 Å². The van der Waals surface area contributed by atoms with Crippen LogP contribution in [0.2, 0.25) is 0 Å². The Morgan fingerprint density at radius 3 is 2.61 bits per heavy atom. The van der Waals surface area contributed by atoms with E-state index in [1.165, 1.54) is 12.8 Å². The Labute approximate surface area is 107 Å². The molecule has 2 aliphatic rings. The summed E-state index contributed by atoms with van der Waals surface area (Å²) >= 11 is 0. The van der Waals surface area contributed by atoms with E-state index >= 15 is 0 Å². The number of nitrogens with one attached hydrogen (secondary N) is 1. The van der Waals surface area contributed by atoms with E-state index < -0.39 is 12.1 Å². The third kappa shape index (κ3) is 4.43. The van der Waals surface area contributed by atoms with Gasteiger partial charge in [-0.3, -0.25) is 0 Å². The molecule has 0 aromatic carbocycles. The van der Waals surface area contributed by atoms with Gasteiger partial charge >= 0.3 is 6.18 Å². The van der Waals surface area contributed by atoms with Crippen molar-refractivity contribution in [2.75, 3.05) is 26.2 Å². The highest BCUT2D eigenvalue weighted by Gasteiger charge is 2.41. The van der Waals surface area contributed by atoms with Gasteiger partial charge in [-0.1, -0.05) is 6.92 Å². The molecule has 2 rings (SSSR count). The van der Waals surface area contributed by atoms with Crippen LogP contribution in [0.3, 0.4) is 0 Å². The lowest BCUT2D eigenvalue weighted by molar-refractivity contribution is -0.187. The summed E-state index contributed by atoms with van der Waals surface area (Å²) in [6.07, 6.45) is -0.533. The van der Waals surface area contributed by atoms with Crippen molar-refractivity contribution in [1.29, 1.82) is 0 Å². The average molecular weight is 264 g/mol. The van der Waals surface area contributed by atoms with Crippen molar-refractivity contribution in [3.63, 3.8) is 0 Å². The van der Waals surface area contributed by atoms with Gasteiger partial charge in [-0.05, 0) is 44.7 Å². The van der Waals surface area contributed by atoms with Crippen LogP contribution in [0.5, 0.6) is 0 Å². The van der Waals surface area contributed by atoms with Crippen molar-refractivity contribution < 1.29 is 13.2 Å². The fraction of sp³-hybridized carbons (Fsp3) is 1.00. The maximum Gasteiger partial charge on any atom is 0.393 e. The first kappa shape index (κ1) is 14.1. The first-order chi connectivity index (χ1) is 8.45. The highest BCUT2D eigenvalue weighted by molar-refractivity contribution is 4.83. The van der Waals surface area contributed by atoms with Gasteiger partial charge < -0.3 is 10.2 Å². The van der Waals surface area contributed by atoms with Crippen molar-refractivity contribution >= 4 is 0 Å². The van der Waals surface area contributed by atoms with E-state index in [1.807, 2.05) is 4.90 Å². The zero-order chi connectivity index (χ0) is 13.2. The Hall–Kier alpha value is -0.290. The Morgan fingerprint density at radius 1 is 1.28 bits per heavy atom. The lowest BCUT2D eigenvalue weighted by atomic mass is 9.96. The number of piperidine rings is 1. The normalized spacial score (nSPS) is 28.3. The molecule has 1 aliphatic carbocycles. The second-order valence-electron chi connectivity index (χ2n) is 5.93. The van der Waals surface area contributed by atoms with Gasteiger partial charge in [0.2, 0.25) is 0 Å². The molecule has 0 aromatic rings. The molecule has 18 heavy (non-hydrogen) atoms. The quantitative estimate of drug-likeness (QED) is 0.821. The molecule has 5 heteroatoms. The summed E-state index contributed by atoms with van der Waals surface area (Å²) in [6.45, 7) is 4.84. The molecule has 106 valence electrons. The van der Waals surface area contributed by atoms with Crippen LogP contribution in [0.1, 0.15) is 32.6 Å². The number of rotatable bonds is 5. The monoisotopic (exact) mass is 264 g/mol. The summed E-state index contributed by atoms with van der Waals surface area (Å²) in [5, 5.41) is 3.44. The summed E-state index contributed by atoms with van der Waals surface area (Å²) < 4.78 is 38.0. The highest BCUT2D eigenvalue weighted by atomic mass is 19.4. The van der Waals surface area contributed by atoms with Gasteiger partial charge in [0, 0.05) is 19.1 Å². The number of nitrogens with zero attached hydrogens (tertiary/aromatic N) is 1. The maximum atomic E-state index is 12.7. The Bertz CT molecular complexity index is 263. The summed E-state index contributed by atoms with van der Waals surface area (Å²) in [4.78, 5) is 1.99. The minimum absolute atomic E-state index is 0.192. The third-order valence-electron chi connectivity index (χ3n) is 3.87. The van der Waals surface area contributed by atoms with Crippen LogP contribution in [0.4, 0.5) is 13.2 Å². The van der Waals surface area contributed by atoms with E-state index in [1.54, 1.807) is 0 Å². The molecule has 1 N–H and O–H groups in total. The Morgan fingerprint density at radius 2 is 2.00 bits per heavy atom. The van der Waals surface area contributed by atoms with E-state index in [0.717, 1.165) is 19.6 Å². The molecular formula is C13H23F3N2. The number of halogens is 3. The van der Waals surface area contributed by atoms with Crippen LogP contribution in [0, 0.1) is 11.8 Å². The smallest absolute Gasteiger partial charge is 0.314 e. The standard InChI is InChI=1S/C13H23F3N2/c1-10(7-17-12-4-5-12)8-18-6-2-3-11(9-18)13(14,15)16/h10-12,17H,2-9H2,1H3. The summed E-state index contributed by atoms with van der Waals surface area (Å²) in [5.41, 5.74) is 0. The summed E-state index contributed by atoms with van der Waals surface area (Å²) in [5.74, 6) is -0.688. The molecule has 0 amide bonds. The largest absolute Gasteiger partial charge is 0.393 e. The Kier molecular flexibility index (Phi) is 4.54. The Balaban J connectivity index is 1.70. The van der Waals surface area contributed by atoms with Crippen LogP contribution in [0.15, 0.2) is 0 Å². The van der Waals surface area contributed by atoms with E-state index in [4.69, 9.17) is 0 Å². The second kappa shape index (κ2) is 5.78. The van der Waals surface area contributed by atoms with Gasteiger partial charge in [-0.25, -0.2) is 0 Å². The van der Waals surface area contributed by atoms with E-state index in [-0.39, 0.29) is 6.54 Å². The van der Waals surface area contributed by atoms with Crippen molar-refractivity contribution in [3.05, 3.63) is 0 Å². The summed E-state index contributed by atoms with van der Waals surface area (Å²) in [6, 6.07) is 0.678. The molecule has 0 radical (unpaired) electrons. The van der Waals surface area contributed by atoms with Gasteiger partial charge in [0.05, 0.1) is 5.92 Å². The maximum absolute atomic E-state index is 12.7. The van der Waals surface area contributed by atoms with Crippen LogP contribution < -0.4 is 5.32 Å². The first-order valence-corrected chi connectivity index (χ1v) is 6.97. The third-order valence-corrected chi connectivity index (χ3v) is 3.87. The van der Waals surface area contributed by atoms with Gasteiger partial charge in [0.25, 0.3) is 0 Å². The molecule has 1 saturated heterocycles. The molecule has 1 aliphatic heterocycles. The molecule has 0 aromatic heterocycles. The molecular weight excluding hydrogens is 241 g/mol. The minimum atomic E-state index is -4.02. The van der Waals surface area contributed by atoms with Crippen molar-refractivity contribution in [2.24, 2.45) is 11.8 Å². The van der Waals surface area contributed by atoms with Crippen LogP contribution in [-0.4, -0.2) is 43.3 Å². The molecule has 0 bridgehead atoms. The van der Waals surface area contributed by atoms with Crippen molar-refractivity contribution in [2.45, 2.75) is 44.8 Å². The van der Waals surface area contributed by atoms with Crippen LogP contribution >= 0.6 is 0 Å². The minimum Gasteiger partial charge on any atom is -0.314 e. The molecule has 2 atom stereocenters. The molecule has 1 heterocycles. The zero-order valence-electron chi connectivity index (χ0n) is 11.0. The fourth-order valence-corrected chi connectivity index (χ4v) is 2.65. The molecule has 2 unspecified atom stereocenters. The molecule has 2 fully saturated rings. The number of likely N-dealkylation sites (tertiary alicyclic amines) is 1. The summed E-state index contributed by atoms with van der Waals surface area (Å²) in [7, 11) is 0. The van der Waals surface area contributed by atoms with Gasteiger partial charge in [-0.15, -0.1) is 0 Å². The lowest BCUT2D eigenvalue weighted by Gasteiger charge is -2.35. The second-order valence-corrected chi connectivity index (χ2v) is 5.93. The SMILES string of the molecule is CC(CNC1CC1)CN1CCCC(C(F)(F)F)C1. The zero-order valence-corrected chi connectivity index (χ0v) is 11.0. The van der Waals surface area contributed by atoms with Gasteiger partial charge in [0.15, 0.2) is 0 Å². The number of hydrogen-bond acceptors (Lipinski definition) is 2. The van der Waals surface area contributed by atoms with Gasteiger partial charge in [0.1, 0.15) is 0 Å². The van der Waals surface area contributed by atoms with Crippen molar-refractivity contribution in [1.82, 2.24) is 10.2 Å². The molecule has 1 saturated carbocycles. The number of alkyl halides is 3. The first-order valence-electron chi connectivity index (χ1n) is 6.97. The molecule has 2 nitrogen and oxygen atoms in total. The van der Waals surface area contributed by atoms with Crippen molar-refractivity contribution in [3.8, 4) is 0 Å². The van der Waals surface area contributed by atoms with Crippen LogP contribution in [-0.2, 0) is 0 Å². The van der Waals surface area contributed by atoms with Crippen LogP contribution in [0.25, 0.3) is 0 Å².